The standard InChI is InChI=1S/C25H26NO2P/c1-3-26(4-2)29(28-25-19-11-15-21-13-8-9-17-23(21)25)27-24-18-10-14-20-12-6-5-7-16-22(20)24/h5-11,13-19H,3-4,12H2,1-2H3. The van der Waals surface area contributed by atoms with Crippen molar-refractivity contribution in [1.29, 1.82) is 0 Å². The first-order valence-electron chi connectivity index (χ1n) is 10.1. The van der Waals surface area contributed by atoms with Crippen molar-refractivity contribution >= 4 is 25.4 Å². The van der Waals surface area contributed by atoms with Crippen LogP contribution in [0.25, 0.3) is 16.8 Å². The topological polar surface area (TPSA) is 21.7 Å². The van der Waals surface area contributed by atoms with Crippen molar-refractivity contribution in [3.8, 4) is 11.5 Å². The molecule has 4 rings (SSSR count). The first-order valence-corrected chi connectivity index (χ1v) is 11.3. The second kappa shape index (κ2) is 9.26. The Morgan fingerprint density at radius 1 is 0.828 bits per heavy atom. The van der Waals surface area contributed by atoms with Gasteiger partial charge in [-0.1, -0.05) is 86.7 Å². The Labute approximate surface area is 174 Å². The molecule has 148 valence electrons. The molecule has 29 heavy (non-hydrogen) atoms. The van der Waals surface area contributed by atoms with Gasteiger partial charge in [0.2, 0.25) is 0 Å². The van der Waals surface area contributed by atoms with Crippen molar-refractivity contribution in [2.45, 2.75) is 20.3 Å². The molecule has 3 nitrogen and oxygen atoms in total. The third-order valence-electron chi connectivity index (χ3n) is 5.07. The molecule has 0 N–H and O–H groups in total. The molecule has 0 saturated heterocycles. The molecular formula is C25H26NO2P. The van der Waals surface area contributed by atoms with Crippen LogP contribution in [-0.2, 0) is 6.42 Å². The first kappa shape index (κ1) is 19.7. The molecule has 0 saturated carbocycles. The Balaban J connectivity index is 1.69. The van der Waals surface area contributed by atoms with Gasteiger partial charge in [0.25, 0.3) is 0 Å². The third kappa shape index (κ3) is 4.37. The molecule has 0 bridgehead atoms. The first-order chi connectivity index (χ1) is 14.3. The van der Waals surface area contributed by atoms with Gasteiger partial charge in [0, 0.05) is 24.0 Å². The van der Waals surface area contributed by atoms with Crippen molar-refractivity contribution in [1.82, 2.24) is 4.67 Å². The molecule has 0 aliphatic heterocycles. The van der Waals surface area contributed by atoms with E-state index in [2.05, 4.69) is 79.2 Å². The van der Waals surface area contributed by atoms with Crippen LogP contribution in [-0.4, -0.2) is 17.8 Å². The number of benzene rings is 3. The Hall–Kier alpha value is -2.61. The molecule has 3 aromatic rings. The largest absolute Gasteiger partial charge is 0.426 e. The summed E-state index contributed by atoms with van der Waals surface area (Å²) in [5.74, 6) is 1.74. The monoisotopic (exact) mass is 403 g/mol. The maximum Gasteiger partial charge on any atom is 0.384 e. The van der Waals surface area contributed by atoms with Crippen LogP contribution in [0.1, 0.15) is 25.0 Å². The molecule has 1 aliphatic carbocycles. The summed E-state index contributed by atoms with van der Waals surface area (Å²) in [6.07, 6.45) is 9.37. The van der Waals surface area contributed by atoms with Crippen LogP contribution in [0, 0.1) is 0 Å². The summed E-state index contributed by atoms with van der Waals surface area (Å²) < 4.78 is 15.3. The highest BCUT2D eigenvalue weighted by molar-refractivity contribution is 7.45. The molecule has 0 aromatic heterocycles. The zero-order chi connectivity index (χ0) is 20.1. The highest BCUT2D eigenvalue weighted by atomic mass is 31.2. The summed E-state index contributed by atoms with van der Waals surface area (Å²) in [5.41, 5.74) is 2.41. The molecule has 1 aliphatic rings. The van der Waals surface area contributed by atoms with E-state index in [0.29, 0.717) is 0 Å². The highest BCUT2D eigenvalue weighted by Crippen LogP contribution is 2.46. The molecular weight excluding hydrogens is 377 g/mol. The minimum Gasteiger partial charge on any atom is -0.426 e. The summed E-state index contributed by atoms with van der Waals surface area (Å²) in [7, 11) is -1.29. The van der Waals surface area contributed by atoms with E-state index < -0.39 is 8.53 Å². The molecule has 1 atom stereocenters. The number of hydrogen-bond acceptors (Lipinski definition) is 3. The van der Waals surface area contributed by atoms with Crippen molar-refractivity contribution < 1.29 is 9.05 Å². The fraction of sp³-hybridized carbons (Fsp3) is 0.200. The molecule has 0 heterocycles. The van der Waals surface area contributed by atoms with E-state index in [9.17, 15) is 0 Å². The van der Waals surface area contributed by atoms with E-state index in [1.807, 2.05) is 24.3 Å². The second-order valence-electron chi connectivity index (χ2n) is 6.86. The SMILES string of the molecule is CCN(CC)P(Oc1cccc2c1C=CC=CC2)Oc1cccc2ccccc12. The average molecular weight is 403 g/mol. The van der Waals surface area contributed by atoms with Crippen molar-refractivity contribution in [3.63, 3.8) is 0 Å². The molecule has 0 amide bonds. The van der Waals surface area contributed by atoms with Gasteiger partial charge in [-0.05, 0) is 29.5 Å². The summed E-state index contributed by atoms with van der Waals surface area (Å²) in [6.45, 7) is 6.01. The van der Waals surface area contributed by atoms with E-state index in [-0.39, 0.29) is 0 Å². The van der Waals surface area contributed by atoms with Gasteiger partial charge in [-0.15, -0.1) is 0 Å². The van der Waals surface area contributed by atoms with Gasteiger partial charge in [-0.25, -0.2) is 4.67 Å². The van der Waals surface area contributed by atoms with Crippen LogP contribution in [0.3, 0.4) is 0 Å². The number of rotatable bonds is 7. The minimum absolute atomic E-state index is 0.861. The van der Waals surface area contributed by atoms with Crippen LogP contribution >= 0.6 is 8.53 Å². The maximum atomic E-state index is 6.55. The molecule has 0 fully saturated rings. The van der Waals surface area contributed by atoms with Gasteiger partial charge in [0.05, 0.1) is 0 Å². The predicted octanol–water partition coefficient (Wildman–Crippen LogP) is 6.99. The number of nitrogens with zero attached hydrogens (tertiary/aromatic N) is 1. The zero-order valence-corrected chi connectivity index (χ0v) is 17.8. The van der Waals surface area contributed by atoms with Crippen LogP contribution in [0.4, 0.5) is 0 Å². The number of hydrogen-bond donors (Lipinski definition) is 0. The van der Waals surface area contributed by atoms with E-state index in [1.165, 1.54) is 10.9 Å². The minimum atomic E-state index is -1.29. The van der Waals surface area contributed by atoms with Crippen molar-refractivity contribution in [2.24, 2.45) is 0 Å². The lowest BCUT2D eigenvalue weighted by Crippen LogP contribution is -2.22. The molecule has 1 unspecified atom stereocenters. The van der Waals surface area contributed by atoms with Gasteiger partial charge in [0.15, 0.2) is 0 Å². The maximum absolute atomic E-state index is 6.55. The van der Waals surface area contributed by atoms with Gasteiger partial charge >= 0.3 is 8.53 Å². The lowest BCUT2D eigenvalue weighted by Gasteiger charge is -2.28. The van der Waals surface area contributed by atoms with Gasteiger partial charge in [0.1, 0.15) is 11.5 Å². The molecule has 0 radical (unpaired) electrons. The Kier molecular flexibility index (Phi) is 6.29. The van der Waals surface area contributed by atoms with Crippen LogP contribution in [0.5, 0.6) is 11.5 Å². The average Bonchev–Trinajstić information content (AvgIpc) is 3.01. The normalized spacial score (nSPS) is 13.9. The summed E-state index contributed by atoms with van der Waals surface area (Å²) in [4.78, 5) is 0. The van der Waals surface area contributed by atoms with E-state index >= 15 is 0 Å². The van der Waals surface area contributed by atoms with Crippen LogP contribution < -0.4 is 9.05 Å². The summed E-state index contributed by atoms with van der Waals surface area (Å²) in [5, 5.41) is 2.27. The summed E-state index contributed by atoms with van der Waals surface area (Å²) in [6, 6.07) is 20.7. The lowest BCUT2D eigenvalue weighted by atomic mass is 10.0. The molecule has 4 heteroatoms. The molecule has 0 spiro atoms. The third-order valence-corrected chi connectivity index (χ3v) is 6.80. The van der Waals surface area contributed by atoms with E-state index in [1.54, 1.807) is 0 Å². The van der Waals surface area contributed by atoms with Crippen molar-refractivity contribution in [2.75, 3.05) is 13.1 Å². The molecule has 3 aromatic carbocycles. The van der Waals surface area contributed by atoms with Gasteiger partial charge < -0.3 is 9.05 Å². The Bertz CT molecular complexity index is 1030. The second-order valence-corrected chi connectivity index (χ2v) is 8.26. The van der Waals surface area contributed by atoms with Crippen LogP contribution in [0.15, 0.2) is 78.9 Å². The zero-order valence-electron chi connectivity index (χ0n) is 16.9. The predicted molar refractivity (Wildman–Crippen MR) is 123 cm³/mol. The Morgan fingerprint density at radius 3 is 2.41 bits per heavy atom. The smallest absolute Gasteiger partial charge is 0.384 e. The lowest BCUT2D eigenvalue weighted by molar-refractivity contribution is 0.373. The highest BCUT2D eigenvalue weighted by Gasteiger charge is 2.25. The Morgan fingerprint density at radius 2 is 1.55 bits per heavy atom. The van der Waals surface area contributed by atoms with E-state index in [4.69, 9.17) is 9.05 Å². The fourth-order valence-corrected chi connectivity index (χ4v) is 4.88. The fourth-order valence-electron chi connectivity index (χ4n) is 3.49. The van der Waals surface area contributed by atoms with Crippen LogP contribution in [0.2, 0.25) is 0 Å². The van der Waals surface area contributed by atoms with Gasteiger partial charge in [-0.2, -0.15) is 0 Å². The van der Waals surface area contributed by atoms with Gasteiger partial charge in [-0.3, -0.25) is 0 Å². The van der Waals surface area contributed by atoms with E-state index in [0.717, 1.165) is 42.0 Å². The number of fused-ring (bicyclic) bond motifs is 2. The quantitative estimate of drug-likeness (QED) is 0.397. The van der Waals surface area contributed by atoms with Crippen molar-refractivity contribution in [3.05, 3.63) is 90.0 Å². The number of allylic oxidation sites excluding steroid dienone is 3. The summed E-state index contributed by atoms with van der Waals surface area (Å²) >= 11 is 0.